The van der Waals surface area contributed by atoms with Crippen molar-refractivity contribution in [1.82, 2.24) is 0 Å². The van der Waals surface area contributed by atoms with Crippen LogP contribution >= 0.6 is 27.5 Å². The summed E-state index contributed by atoms with van der Waals surface area (Å²) in [5.41, 5.74) is 1.54. The predicted molar refractivity (Wildman–Crippen MR) is 48.6 cm³/mol. The van der Waals surface area contributed by atoms with Gasteiger partial charge in [-0.25, -0.2) is 0 Å². The lowest BCUT2D eigenvalue weighted by molar-refractivity contribution is 1.40. The second-order valence-electron chi connectivity index (χ2n) is 2.17. The summed E-state index contributed by atoms with van der Waals surface area (Å²) in [4.78, 5) is 0. The van der Waals surface area contributed by atoms with Gasteiger partial charge in [-0.2, -0.15) is 5.26 Å². The zero-order valence-corrected chi connectivity index (χ0v) is 8.20. The Morgan fingerprint density at radius 1 is 1.55 bits per heavy atom. The highest BCUT2D eigenvalue weighted by Gasteiger charge is 2.04. The van der Waals surface area contributed by atoms with E-state index in [1.807, 2.05) is 19.1 Å². The van der Waals surface area contributed by atoms with Crippen molar-refractivity contribution in [3.05, 3.63) is 32.8 Å². The van der Waals surface area contributed by atoms with Crippen LogP contribution in [-0.2, 0) is 0 Å². The van der Waals surface area contributed by atoms with Gasteiger partial charge >= 0.3 is 0 Å². The topological polar surface area (TPSA) is 23.8 Å². The Balaban J connectivity index is 3.40. The van der Waals surface area contributed by atoms with Gasteiger partial charge in [0.15, 0.2) is 0 Å². The van der Waals surface area contributed by atoms with Crippen molar-refractivity contribution >= 4 is 27.5 Å². The summed E-state index contributed by atoms with van der Waals surface area (Å²) in [7, 11) is 0. The van der Waals surface area contributed by atoms with Crippen molar-refractivity contribution in [2.75, 3.05) is 0 Å². The van der Waals surface area contributed by atoms with Crippen LogP contribution in [0.15, 0.2) is 16.6 Å². The fraction of sp³-hybridized carbons (Fsp3) is 0.125. The van der Waals surface area contributed by atoms with Crippen LogP contribution in [-0.4, -0.2) is 0 Å². The number of rotatable bonds is 0. The largest absolute Gasteiger partial charge is 0.192 e. The van der Waals surface area contributed by atoms with E-state index >= 15 is 0 Å². The highest BCUT2D eigenvalue weighted by Crippen LogP contribution is 2.28. The minimum Gasteiger partial charge on any atom is -0.192 e. The summed E-state index contributed by atoms with van der Waals surface area (Å²) < 4.78 is 0.804. The van der Waals surface area contributed by atoms with Gasteiger partial charge in [-0.1, -0.05) is 17.7 Å². The third-order valence-corrected chi connectivity index (χ3v) is 3.04. The highest BCUT2D eigenvalue weighted by molar-refractivity contribution is 9.10. The molecule has 0 saturated heterocycles. The number of hydrogen-bond donors (Lipinski definition) is 0. The van der Waals surface area contributed by atoms with Crippen LogP contribution in [0.2, 0.25) is 5.02 Å². The molecule has 0 spiro atoms. The first kappa shape index (κ1) is 8.58. The molecule has 0 aromatic heterocycles. The van der Waals surface area contributed by atoms with Gasteiger partial charge in [-0.15, -0.1) is 0 Å². The molecule has 3 heteroatoms. The minimum atomic E-state index is 0.493. The normalized spacial score (nSPS) is 9.27. The predicted octanol–water partition coefficient (Wildman–Crippen LogP) is 3.28. The van der Waals surface area contributed by atoms with Gasteiger partial charge in [0.1, 0.15) is 6.07 Å². The molecule has 0 fully saturated rings. The monoisotopic (exact) mass is 229 g/mol. The molecular weight excluding hydrogens is 225 g/mol. The van der Waals surface area contributed by atoms with Gasteiger partial charge in [0.25, 0.3) is 0 Å². The lowest BCUT2D eigenvalue weighted by atomic mass is 10.2. The van der Waals surface area contributed by atoms with Crippen molar-refractivity contribution in [2.24, 2.45) is 0 Å². The van der Waals surface area contributed by atoms with Crippen LogP contribution in [0.4, 0.5) is 0 Å². The summed E-state index contributed by atoms with van der Waals surface area (Å²) in [6.45, 7) is 1.93. The first-order valence-corrected chi connectivity index (χ1v) is 4.18. The average molecular weight is 230 g/mol. The van der Waals surface area contributed by atoms with Crippen LogP contribution in [0.1, 0.15) is 11.1 Å². The minimum absolute atomic E-state index is 0.493. The third-order valence-electron chi connectivity index (χ3n) is 1.40. The molecule has 1 aromatic rings. The molecule has 0 saturated carbocycles. The summed E-state index contributed by atoms with van der Waals surface area (Å²) in [6, 6.07) is 5.57. The maximum Gasteiger partial charge on any atom is 0.101 e. The highest BCUT2D eigenvalue weighted by atomic mass is 79.9. The van der Waals surface area contributed by atoms with Gasteiger partial charge in [-0.05, 0) is 34.5 Å². The molecule has 0 heterocycles. The molecule has 0 amide bonds. The Morgan fingerprint density at radius 3 is 2.73 bits per heavy atom. The molecular formula is C8H5BrClN. The summed E-state index contributed by atoms with van der Waals surface area (Å²) in [5.74, 6) is 0. The lowest BCUT2D eigenvalue weighted by Crippen LogP contribution is -1.81. The van der Waals surface area contributed by atoms with Gasteiger partial charge in [0.2, 0.25) is 0 Å². The Morgan fingerprint density at radius 2 is 2.18 bits per heavy atom. The van der Waals surface area contributed by atoms with Crippen LogP contribution in [0, 0.1) is 18.3 Å². The zero-order valence-electron chi connectivity index (χ0n) is 5.86. The number of benzene rings is 1. The Labute approximate surface area is 78.7 Å². The summed E-state index contributed by atoms with van der Waals surface area (Å²) in [6.07, 6.45) is 0. The van der Waals surface area contributed by atoms with E-state index in [0.717, 1.165) is 10.0 Å². The van der Waals surface area contributed by atoms with Crippen molar-refractivity contribution in [2.45, 2.75) is 6.92 Å². The Kier molecular flexibility index (Phi) is 2.53. The van der Waals surface area contributed by atoms with E-state index in [1.54, 1.807) is 6.07 Å². The molecule has 0 unspecified atom stereocenters. The third kappa shape index (κ3) is 1.55. The average Bonchev–Trinajstić information content (AvgIpc) is 2.01. The van der Waals surface area contributed by atoms with Crippen LogP contribution in [0.3, 0.4) is 0 Å². The molecule has 56 valence electrons. The van der Waals surface area contributed by atoms with Gasteiger partial charge < -0.3 is 0 Å². The number of nitriles is 1. The van der Waals surface area contributed by atoms with E-state index in [0.29, 0.717) is 10.6 Å². The molecule has 0 aliphatic carbocycles. The molecule has 0 bridgehead atoms. The van der Waals surface area contributed by atoms with Crippen molar-refractivity contribution in [3.8, 4) is 6.07 Å². The fourth-order valence-electron chi connectivity index (χ4n) is 0.732. The molecule has 1 aromatic carbocycles. The molecule has 0 aliphatic heterocycles. The standard InChI is InChI=1S/C8H5BrClN/c1-5-2-3-6(4-11)8(10)7(5)9/h2-3H,1H3. The Bertz CT molecular complexity index is 328. The van der Waals surface area contributed by atoms with Gasteiger partial charge in [0, 0.05) is 4.47 Å². The van der Waals surface area contributed by atoms with Crippen molar-refractivity contribution < 1.29 is 0 Å². The molecule has 0 N–H and O–H groups in total. The van der Waals surface area contributed by atoms with Crippen molar-refractivity contribution in [1.29, 1.82) is 5.26 Å². The van der Waals surface area contributed by atoms with Crippen LogP contribution < -0.4 is 0 Å². The Hall–Kier alpha value is -0.520. The summed E-state index contributed by atoms with van der Waals surface area (Å²) in [5, 5.41) is 9.07. The van der Waals surface area contributed by atoms with E-state index in [2.05, 4.69) is 15.9 Å². The van der Waals surface area contributed by atoms with Crippen LogP contribution in [0.5, 0.6) is 0 Å². The van der Waals surface area contributed by atoms with E-state index < -0.39 is 0 Å². The zero-order chi connectivity index (χ0) is 8.43. The molecule has 1 nitrogen and oxygen atoms in total. The number of halogens is 2. The number of hydrogen-bond acceptors (Lipinski definition) is 1. The molecule has 11 heavy (non-hydrogen) atoms. The number of nitrogens with zero attached hydrogens (tertiary/aromatic N) is 1. The van der Waals surface area contributed by atoms with E-state index in [-0.39, 0.29) is 0 Å². The van der Waals surface area contributed by atoms with Crippen LogP contribution in [0.25, 0.3) is 0 Å². The molecule has 0 atom stereocenters. The van der Waals surface area contributed by atoms with Crippen molar-refractivity contribution in [3.63, 3.8) is 0 Å². The lowest BCUT2D eigenvalue weighted by Gasteiger charge is -2.00. The van der Waals surface area contributed by atoms with E-state index in [1.165, 1.54) is 0 Å². The second-order valence-corrected chi connectivity index (χ2v) is 3.34. The molecule has 1 rings (SSSR count). The first-order valence-electron chi connectivity index (χ1n) is 3.01. The van der Waals surface area contributed by atoms with Gasteiger partial charge in [0.05, 0.1) is 10.6 Å². The smallest absolute Gasteiger partial charge is 0.101 e. The maximum atomic E-state index is 8.58. The quantitative estimate of drug-likeness (QED) is 0.671. The first-order chi connectivity index (χ1) is 5.16. The maximum absolute atomic E-state index is 8.58. The number of aryl methyl sites for hydroxylation is 1. The SMILES string of the molecule is Cc1ccc(C#N)c(Cl)c1Br. The summed E-state index contributed by atoms with van der Waals surface area (Å²) >= 11 is 9.12. The van der Waals surface area contributed by atoms with Gasteiger partial charge in [-0.3, -0.25) is 0 Å². The fourth-order valence-corrected chi connectivity index (χ4v) is 1.33. The second kappa shape index (κ2) is 3.25. The van der Waals surface area contributed by atoms with E-state index in [4.69, 9.17) is 16.9 Å². The molecule has 0 aliphatic rings. The molecule has 0 radical (unpaired) electrons. The van der Waals surface area contributed by atoms with E-state index in [9.17, 15) is 0 Å².